The minimum Gasteiger partial charge on any atom is -0.497 e. The Balaban J connectivity index is 2.72. The Kier molecular flexibility index (Phi) is 2.79. The van der Waals surface area contributed by atoms with E-state index in [-0.39, 0.29) is 0 Å². The summed E-state index contributed by atoms with van der Waals surface area (Å²) in [5.74, 6) is 0.944. The maximum absolute atomic E-state index is 5.26. The largest absolute Gasteiger partial charge is 0.497 e. The monoisotopic (exact) mass is 270 g/mol. The molecule has 0 unspecified atom stereocenters. The average molecular weight is 271 g/mol. The van der Waals surface area contributed by atoms with Crippen molar-refractivity contribution < 1.29 is 4.74 Å². The molecule has 0 amide bonds. The summed E-state index contributed by atoms with van der Waals surface area (Å²) in [5.41, 5.74) is 1.36. The number of methoxy groups -OCH3 is 1. The van der Waals surface area contributed by atoms with Gasteiger partial charge in [0, 0.05) is 4.70 Å². The first-order valence-electron chi connectivity index (χ1n) is 4.50. The van der Waals surface area contributed by atoms with E-state index < -0.39 is 0 Å². The molecule has 0 spiro atoms. The van der Waals surface area contributed by atoms with Gasteiger partial charge in [0.2, 0.25) is 0 Å². The second kappa shape index (κ2) is 3.91. The Hall–Kier alpha value is -0.540. The normalized spacial score (nSPS) is 10.8. The highest BCUT2D eigenvalue weighted by atomic mass is 79.9. The quantitative estimate of drug-likeness (QED) is 0.794. The lowest BCUT2D eigenvalue weighted by Gasteiger charge is -2.03. The number of hydrogen-bond donors (Lipinski definition) is 0. The summed E-state index contributed by atoms with van der Waals surface area (Å²) in [7, 11) is 1.71. The van der Waals surface area contributed by atoms with Crippen molar-refractivity contribution in [1.82, 2.24) is 0 Å². The molecule has 1 aromatic carbocycles. The van der Waals surface area contributed by atoms with Crippen molar-refractivity contribution in [2.24, 2.45) is 0 Å². The molecule has 1 nitrogen and oxygen atoms in total. The summed E-state index contributed by atoms with van der Waals surface area (Å²) in [4.78, 5) is 0. The molecule has 0 saturated carbocycles. The van der Waals surface area contributed by atoms with Gasteiger partial charge in [-0.3, -0.25) is 0 Å². The Morgan fingerprint density at radius 1 is 1.36 bits per heavy atom. The molecule has 0 aliphatic rings. The van der Waals surface area contributed by atoms with Crippen LogP contribution < -0.4 is 4.74 Å². The number of ether oxygens (including phenoxy) is 1. The van der Waals surface area contributed by atoms with Crippen molar-refractivity contribution in [2.75, 3.05) is 7.11 Å². The summed E-state index contributed by atoms with van der Waals surface area (Å²) in [6, 6.07) is 6.34. The van der Waals surface area contributed by atoms with Crippen LogP contribution in [0, 0.1) is 0 Å². The van der Waals surface area contributed by atoms with Crippen molar-refractivity contribution in [3.8, 4) is 5.75 Å². The van der Waals surface area contributed by atoms with Crippen LogP contribution in [0.2, 0.25) is 0 Å². The lowest BCUT2D eigenvalue weighted by molar-refractivity contribution is 0.415. The summed E-state index contributed by atoms with van der Waals surface area (Å²) in [6.07, 6.45) is 1.04. The molecule has 2 rings (SSSR count). The first-order chi connectivity index (χ1) is 6.74. The number of benzene rings is 1. The molecule has 2 aromatic rings. The minimum absolute atomic E-state index is 0.944. The van der Waals surface area contributed by atoms with Gasteiger partial charge in [0.05, 0.1) is 10.9 Å². The number of rotatable bonds is 2. The van der Waals surface area contributed by atoms with E-state index in [1.54, 1.807) is 18.4 Å². The van der Waals surface area contributed by atoms with E-state index in [1.807, 2.05) is 0 Å². The van der Waals surface area contributed by atoms with Gasteiger partial charge < -0.3 is 4.74 Å². The number of fused-ring (bicyclic) bond motifs is 1. The van der Waals surface area contributed by atoms with Crippen molar-refractivity contribution >= 4 is 37.4 Å². The molecular weight excluding hydrogens is 260 g/mol. The highest BCUT2D eigenvalue weighted by Crippen LogP contribution is 2.35. The topological polar surface area (TPSA) is 9.23 Å². The maximum Gasteiger partial charge on any atom is 0.119 e. The van der Waals surface area contributed by atoms with Crippen LogP contribution in [0.1, 0.15) is 12.5 Å². The Morgan fingerprint density at radius 3 is 2.79 bits per heavy atom. The molecule has 74 valence electrons. The van der Waals surface area contributed by atoms with Crippen molar-refractivity contribution in [3.63, 3.8) is 0 Å². The fourth-order valence-electron chi connectivity index (χ4n) is 1.54. The molecule has 3 heteroatoms. The SMILES string of the molecule is CCc1cc(OC)cc2cc(Br)sc12. The zero-order chi connectivity index (χ0) is 10.1. The molecule has 0 aliphatic carbocycles. The molecule has 0 atom stereocenters. The predicted molar refractivity (Wildman–Crippen MR) is 65.5 cm³/mol. The molecule has 0 N–H and O–H groups in total. The highest BCUT2D eigenvalue weighted by Gasteiger charge is 2.06. The van der Waals surface area contributed by atoms with E-state index in [0.717, 1.165) is 12.2 Å². The molecule has 0 aliphatic heterocycles. The molecule has 0 saturated heterocycles. The van der Waals surface area contributed by atoms with E-state index in [9.17, 15) is 0 Å². The molecular formula is C11H11BrOS. The second-order valence-corrected chi connectivity index (χ2v) is 5.54. The van der Waals surface area contributed by atoms with Gasteiger partial charge in [-0.1, -0.05) is 6.92 Å². The van der Waals surface area contributed by atoms with E-state index in [2.05, 4.69) is 41.1 Å². The fourth-order valence-corrected chi connectivity index (χ4v) is 3.23. The van der Waals surface area contributed by atoms with Crippen LogP contribution in [0.5, 0.6) is 5.75 Å². The van der Waals surface area contributed by atoms with Gasteiger partial charge in [-0.05, 0) is 51.5 Å². The van der Waals surface area contributed by atoms with Crippen molar-refractivity contribution in [1.29, 1.82) is 0 Å². The molecule has 1 aromatic heterocycles. The van der Waals surface area contributed by atoms with Gasteiger partial charge in [0.1, 0.15) is 5.75 Å². The van der Waals surface area contributed by atoms with Gasteiger partial charge >= 0.3 is 0 Å². The first kappa shape index (κ1) is 9.99. The van der Waals surface area contributed by atoms with Gasteiger partial charge in [0.15, 0.2) is 0 Å². The predicted octanol–water partition coefficient (Wildman–Crippen LogP) is 4.23. The minimum atomic E-state index is 0.944. The Morgan fingerprint density at radius 2 is 2.14 bits per heavy atom. The molecule has 0 radical (unpaired) electrons. The number of thiophene rings is 1. The van der Waals surface area contributed by atoms with Gasteiger partial charge in [-0.15, -0.1) is 11.3 Å². The summed E-state index contributed by atoms with van der Waals surface area (Å²) in [6.45, 7) is 2.17. The Bertz CT molecular complexity index is 462. The lowest BCUT2D eigenvalue weighted by atomic mass is 10.1. The van der Waals surface area contributed by atoms with Crippen LogP contribution in [0.3, 0.4) is 0 Å². The van der Waals surface area contributed by atoms with Crippen LogP contribution in [0.15, 0.2) is 22.0 Å². The van der Waals surface area contributed by atoms with Crippen LogP contribution in [0.4, 0.5) is 0 Å². The molecule has 0 fully saturated rings. The number of hydrogen-bond acceptors (Lipinski definition) is 2. The van der Waals surface area contributed by atoms with Crippen LogP contribution >= 0.6 is 27.3 Å². The van der Waals surface area contributed by atoms with Crippen LogP contribution in [0.25, 0.3) is 10.1 Å². The van der Waals surface area contributed by atoms with Crippen molar-refractivity contribution in [3.05, 3.63) is 27.5 Å². The third-order valence-corrected chi connectivity index (χ3v) is 3.98. The van der Waals surface area contributed by atoms with Crippen molar-refractivity contribution in [2.45, 2.75) is 13.3 Å². The van der Waals surface area contributed by atoms with Gasteiger partial charge in [0.25, 0.3) is 0 Å². The van der Waals surface area contributed by atoms with Crippen LogP contribution in [-0.2, 0) is 6.42 Å². The summed E-state index contributed by atoms with van der Waals surface area (Å²) < 4.78 is 7.80. The number of halogens is 1. The van der Waals surface area contributed by atoms with Crippen LogP contribution in [-0.4, -0.2) is 7.11 Å². The Labute approximate surface area is 95.8 Å². The first-order valence-corrected chi connectivity index (χ1v) is 6.11. The van der Waals surface area contributed by atoms with E-state index in [1.165, 1.54) is 19.4 Å². The zero-order valence-electron chi connectivity index (χ0n) is 8.13. The maximum atomic E-state index is 5.26. The van der Waals surface area contributed by atoms with E-state index >= 15 is 0 Å². The lowest BCUT2D eigenvalue weighted by Crippen LogP contribution is -1.85. The van der Waals surface area contributed by atoms with E-state index in [4.69, 9.17) is 4.74 Å². The smallest absolute Gasteiger partial charge is 0.119 e. The molecule has 1 heterocycles. The summed E-state index contributed by atoms with van der Waals surface area (Å²) in [5, 5.41) is 1.26. The average Bonchev–Trinajstić information content (AvgIpc) is 2.56. The van der Waals surface area contributed by atoms with E-state index in [0.29, 0.717) is 0 Å². The third kappa shape index (κ3) is 1.66. The second-order valence-electron chi connectivity index (χ2n) is 3.11. The van der Waals surface area contributed by atoms with Gasteiger partial charge in [-0.25, -0.2) is 0 Å². The third-order valence-electron chi connectivity index (χ3n) is 2.25. The fraction of sp³-hybridized carbons (Fsp3) is 0.273. The molecule has 14 heavy (non-hydrogen) atoms. The molecule has 0 bridgehead atoms. The zero-order valence-corrected chi connectivity index (χ0v) is 10.5. The standard InChI is InChI=1S/C11H11BrOS/c1-3-7-4-9(13-2)5-8-6-10(12)14-11(7)8/h4-6H,3H2,1-2H3. The van der Waals surface area contributed by atoms with Gasteiger partial charge in [-0.2, -0.15) is 0 Å². The summed E-state index contributed by atoms with van der Waals surface area (Å²) >= 11 is 5.30. The highest BCUT2D eigenvalue weighted by molar-refractivity contribution is 9.11. The number of aryl methyl sites for hydroxylation is 1.